The number of anilines is 1. The van der Waals surface area contributed by atoms with E-state index in [1.165, 1.54) is 24.3 Å². The third-order valence-corrected chi connectivity index (χ3v) is 3.20. The van der Waals surface area contributed by atoms with Gasteiger partial charge < -0.3 is 16.4 Å². The van der Waals surface area contributed by atoms with Crippen molar-refractivity contribution in [2.45, 2.75) is 12.5 Å². The summed E-state index contributed by atoms with van der Waals surface area (Å²) in [5.41, 5.74) is 6.05. The molecular weight excluding hydrogens is 326 g/mol. The number of amides is 2. The lowest BCUT2D eigenvalue weighted by Gasteiger charge is -2.14. The van der Waals surface area contributed by atoms with Crippen LogP contribution < -0.4 is 16.4 Å². The van der Waals surface area contributed by atoms with Crippen LogP contribution in [0.2, 0.25) is 0 Å². The highest BCUT2D eigenvalue weighted by atomic mass is 19.2. The Kier molecular flexibility index (Phi) is 5.75. The van der Waals surface area contributed by atoms with Gasteiger partial charge in [-0.3, -0.25) is 0 Å². The molecule has 4 nitrogen and oxygen atoms in total. The molecule has 1 atom stereocenters. The van der Waals surface area contributed by atoms with E-state index in [1.807, 2.05) is 0 Å². The van der Waals surface area contributed by atoms with Gasteiger partial charge in [0, 0.05) is 24.3 Å². The van der Waals surface area contributed by atoms with E-state index >= 15 is 0 Å². The summed E-state index contributed by atoms with van der Waals surface area (Å²) < 4.78 is 52.2. The highest BCUT2D eigenvalue weighted by molar-refractivity contribution is 5.89. The van der Waals surface area contributed by atoms with Crippen molar-refractivity contribution in [3.05, 3.63) is 65.2 Å². The summed E-state index contributed by atoms with van der Waals surface area (Å²) in [7, 11) is 0. The fourth-order valence-corrected chi connectivity index (χ4v) is 2.01. The minimum Gasteiger partial charge on any atom is -0.336 e. The van der Waals surface area contributed by atoms with Crippen LogP contribution in [-0.4, -0.2) is 18.6 Å². The molecule has 24 heavy (non-hydrogen) atoms. The molecular formula is C16H15F4N3O. The number of hydrogen-bond donors (Lipinski definition) is 3. The predicted octanol–water partition coefficient (Wildman–Crippen LogP) is 2.93. The fraction of sp³-hybridized carbons (Fsp3) is 0.188. The lowest BCUT2D eigenvalue weighted by molar-refractivity contribution is 0.251. The molecule has 0 bridgehead atoms. The molecule has 0 aliphatic rings. The van der Waals surface area contributed by atoms with Crippen LogP contribution in [0.25, 0.3) is 0 Å². The van der Waals surface area contributed by atoms with Gasteiger partial charge in [-0.15, -0.1) is 0 Å². The van der Waals surface area contributed by atoms with Crippen LogP contribution in [0.4, 0.5) is 28.0 Å². The molecule has 2 aromatic rings. The maximum atomic E-state index is 13.5. The number of benzene rings is 2. The van der Waals surface area contributed by atoms with E-state index < -0.39 is 35.3 Å². The largest absolute Gasteiger partial charge is 0.336 e. The molecule has 2 rings (SSSR count). The van der Waals surface area contributed by atoms with Crippen LogP contribution in [0, 0.1) is 23.3 Å². The highest BCUT2D eigenvalue weighted by Gasteiger charge is 2.14. The first-order valence-corrected chi connectivity index (χ1v) is 7.04. The van der Waals surface area contributed by atoms with E-state index in [-0.39, 0.29) is 18.5 Å². The summed E-state index contributed by atoms with van der Waals surface area (Å²) in [6.45, 7) is -0.0224. The first-order chi connectivity index (χ1) is 11.3. The number of carbonyl (C=O) groups excluding carboxylic acids is 1. The number of urea groups is 1. The van der Waals surface area contributed by atoms with Gasteiger partial charge in [-0.1, -0.05) is 0 Å². The van der Waals surface area contributed by atoms with Gasteiger partial charge >= 0.3 is 6.03 Å². The Labute approximate surface area is 135 Å². The van der Waals surface area contributed by atoms with Gasteiger partial charge in [0.15, 0.2) is 11.6 Å². The smallest absolute Gasteiger partial charge is 0.319 e. The maximum absolute atomic E-state index is 13.5. The van der Waals surface area contributed by atoms with Gasteiger partial charge in [0.1, 0.15) is 11.6 Å². The molecule has 1 unspecified atom stereocenters. The van der Waals surface area contributed by atoms with Gasteiger partial charge in [-0.25, -0.2) is 22.4 Å². The monoisotopic (exact) mass is 341 g/mol. The second-order valence-electron chi connectivity index (χ2n) is 5.16. The lowest BCUT2D eigenvalue weighted by Crippen LogP contribution is -2.40. The Morgan fingerprint density at radius 1 is 1.00 bits per heavy atom. The summed E-state index contributed by atoms with van der Waals surface area (Å²) in [6, 6.07) is 5.04. The van der Waals surface area contributed by atoms with E-state index in [0.29, 0.717) is 11.8 Å². The third-order valence-electron chi connectivity index (χ3n) is 3.20. The SMILES string of the molecule is NC(CNC(=O)Nc1ccc(F)cc1)Cc1cc(F)c(F)cc1F. The highest BCUT2D eigenvalue weighted by Crippen LogP contribution is 2.15. The molecule has 0 saturated heterocycles. The van der Waals surface area contributed by atoms with E-state index in [2.05, 4.69) is 10.6 Å². The fourth-order valence-electron chi connectivity index (χ4n) is 2.01. The molecule has 0 aliphatic heterocycles. The van der Waals surface area contributed by atoms with Crippen molar-refractivity contribution < 1.29 is 22.4 Å². The molecule has 0 spiro atoms. The van der Waals surface area contributed by atoms with Crippen molar-refractivity contribution in [3.8, 4) is 0 Å². The first kappa shape index (κ1) is 17.7. The zero-order chi connectivity index (χ0) is 17.7. The number of hydrogen-bond acceptors (Lipinski definition) is 2. The van der Waals surface area contributed by atoms with Gasteiger partial charge in [0.25, 0.3) is 0 Å². The molecule has 2 amide bonds. The Hall–Kier alpha value is -2.61. The van der Waals surface area contributed by atoms with Gasteiger partial charge in [-0.2, -0.15) is 0 Å². The lowest BCUT2D eigenvalue weighted by atomic mass is 10.1. The Morgan fingerprint density at radius 2 is 1.62 bits per heavy atom. The molecule has 4 N–H and O–H groups in total. The third kappa shape index (κ3) is 4.95. The summed E-state index contributed by atoms with van der Waals surface area (Å²) in [5.74, 6) is -3.78. The van der Waals surface area contributed by atoms with Crippen molar-refractivity contribution in [3.63, 3.8) is 0 Å². The average molecular weight is 341 g/mol. The number of carbonyl (C=O) groups is 1. The Balaban J connectivity index is 1.84. The molecule has 2 aromatic carbocycles. The number of nitrogens with two attached hydrogens (primary N) is 1. The molecule has 0 aliphatic carbocycles. The minimum atomic E-state index is -1.28. The maximum Gasteiger partial charge on any atom is 0.319 e. The minimum absolute atomic E-state index is 0.0224. The van der Waals surface area contributed by atoms with Gasteiger partial charge in [0.05, 0.1) is 0 Å². The number of nitrogens with one attached hydrogen (secondary N) is 2. The zero-order valence-electron chi connectivity index (χ0n) is 12.5. The molecule has 0 radical (unpaired) electrons. The normalized spacial score (nSPS) is 11.9. The second kappa shape index (κ2) is 7.78. The molecule has 128 valence electrons. The quantitative estimate of drug-likeness (QED) is 0.578. The Bertz CT molecular complexity index is 722. The van der Waals surface area contributed by atoms with Gasteiger partial charge in [-0.05, 0) is 42.3 Å². The molecule has 0 heterocycles. The van der Waals surface area contributed by atoms with Crippen molar-refractivity contribution >= 4 is 11.7 Å². The topological polar surface area (TPSA) is 67.1 Å². The van der Waals surface area contributed by atoms with Crippen LogP contribution in [0.1, 0.15) is 5.56 Å². The molecule has 0 fully saturated rings. The van der Waals surface area contributed by atoms with Crippen LogP contribution in [0.3, 0.4) is 0 Å². The van der Waals surface area contributed by atoms with Crippen molar-refractivity contribution in [2.75, 3.05) is 11.9 Å². The zero-order valence-corrected chi connectivity index (χ0v) is 12.5. The average Bonchev–Trinajstić information content (AvgIpc) is 2.53. The molecule has 8 heteroatoms. The van der Waals surface area contributed by atoms with E-state index in [1.54, 1.807) is 0 Å². The number of halogens is 4. The van der Waals surface area contributed by atoms with E-state index in [0.717, 1.165) is 6.07 Å². The van der Waals surface area contributed by atoms with Crippen LogP contribution in [-0.2, 0) is 6.42 Å². The standard InChI is InChI=1S/C16H15F4N3O/c17-10-1-3-12(4-2-10)23-16(24)22-8-11(21)5-9-6-14(19)15(20)7-13(9)18/h1-4,6-7,11H,5,8,21H2,(H2,22,23,24). The summed E-state index contributed by atoms with van der Waals surface area (Å²) >= 11 is 0. The van der Waals surface area contributed by atoms with E-state index in [9.17, 15) is 22.4 Å². The van der Waals surface area contributed by atoms with Crippen molar-refractivity contribution in [1.82, 2.24) is 5.32 Å². The Morgan fingerprint density at radius 3 is 2.29 bits per heavy atom. The summed E-state index contributed by atoms with van der Waals surface area (Å²) in [5, 5.41) is 4.91. The summed E-state index contributed by atoms with van der Waals surface area (Å²) in [6.07, 6.45) is -0.0835. The second-order valence-corrected chi connectivity index (χ2v) is 5.16. The van der Waals surface area contributed by atoms with E-state index in [4.69, 9.17) is 5.73 Å². The molecule has 0 aromatic heterocycles. The summed E-state index contributed by atoms with van der Waals surface area (Å²) in [4.78, 5) is 11.7. The molecule has 0 saturated carbocycles. The van der Waals surface area contributed by atoms with Gasteiger partial charge in [0.2, 0.25) is 0 Å². The van der Waals surface area contributed by atoms with Crippen LogP contribution in [0.15, 0.2) is 36.4 Å². The van der Waals surface area contributed by atoms with Crippen LogP contribution in [0.5, 0.6) is 0 Å². The van der Waals surface area contributed by atoms with Crippen molar-refractivity contribution in [2.24, 2.45) is 5.73 Å². The number of rotatable bonds is 5. The van der Waals surface area contributed by atoms with Crippen molar-refractivity contribution in [1.29, 1.82) is 0 Å². The van der Waals surface area contributed by atoms with Crippen LogP contribution >= 0.6 is 0 Å². The predicted molar refractivity (Wildman–Crippen MR) is 81.4 cm³/mol. The first-order valence-electron chi connectivity index (χ1n) is 7.04.